The highest BCUT2D eigenvalue weighted by molar-refractivity contribution is 7.94. The Morgan fingerprint density at radius 3 is 2.10 bits per heavy atom. The van der Waals surface area contributed by atoms with Crippen molar-refractivity contribution in [2.24, 2.45) is 30.7 Å². The van der Waals surface area contributed by atoms with Crippen LogP contribution in [0.2, 0.25) is 0 Å². The maximum atomic E-state index is 12.5. The van der Waals surface area contributed by atoms with Gasteiger partial charge in [-0.15, -0.1) is 24.0 Å². The zero-order valence-corrected chi connectivity index (χ0v) is 38.3. The van der Waals surface area contributed by atoms with E-state index in [0.29, 0.717) is 56.7 Å². The quantitative estimate of drug-likeness (QED) is 0.0133. The molecule has 5 aromatic carbocycles. The molecule has 0 aliphatic rings. The number of aromatic hydroxyl groups is 1. The highest BCUT2D eigenvalue weighted by Gasteiger charge is 2.25. The summed E-state index contributed by atoms with van der Waals surface area (Å²) < 4.78 is 77.4. The third-order valence-corrected chi connectivity index (χ3v) is 11.0. The molecule has 7 rings (SSSR count). The average molecular weight is 1010 g/mol. The van der Waals surface area contributed by atoms with Gasteiger partial charge in [-0.3, -0.25) is 13.5 Å². The van der Waals surface area contributed by atoms with E-state index in [0.717, 1.165) is 30.2 Å². The van der Waals surface area contributed by atoms with E-state index in [1.807, 2.05) is 6.07 Å². The number of azo groups is 3. The minimum absolute atomic E-state index is 0.0177. The first-order valence-corrected chi connectivity index (χ1v) is 24.1. The van der Waals surface area contributed by atoms with Gasteiger partial charge < -0.3 is 9.84 Å². The molecule has 0 bridgehead atoms. The van der Waals surface area contributed by atoms with Gasteiger partial charge in [-0.25, -0.2) is 15.5 Å². The van der Waals surface area contributed by atoms with Crippen LogP contribution in [0.5, 0.6) is 11.6 Å². The standard InChI is InChI=1S/C40H31N9O11S3.CH4O3S/c1-24-20-33(47-48-38-37(25-8-3-2-4-9-25)29(23-41)39-42-30-10-5-6-11-34(30)49(39)40(38)50)35(56-18-7-19-61-59-57-51)22-32(24)46-45-31-17-14-27(21-36(31)63(53,54)55)44-43-26-12-15-28(16-13-26)62-60-58-52;1-5(2,3)4/h2-6,8-17,20-22,50-52H,7,18-19H2,1H3,(H,53,54,55);1H3,(H,2,3,4). The molecule has 0 saturated heterocycles. The summed E-state index contributed by atoms with van der Waals surface area (Å²) in [6, 6.07) is 31.6. The lowest BCUT2D eigenvalue weighted by atomic mass is 9.99. The number of fused-ring (bicyclic) bond motifs is 3. The summed E-state index contributed by atoms with van der Waals surface area (Å²) >= 11 is 1.59. The second-order valence-electron chi connectivity index (χ2n) is 13.6. The summed E-state index contributed by atoms with van der Waals surface area (Å²) in [5.74, 6) is 0.199. The molecule has 2 aromatic heterocycles. The minimum Gasteiger partial charge on any atom is -0.493 e. The predicted molar refractivity (Wildman–Crippen MR) is 246 cm³/mol. The van der Waals surface area contributed by atoms with Crippen molar-refractivity contribution in [3.8, 4) is 28.8 Å². The first-order valence-electron chi connectivity index (χ1n) is 19.1. The molecule has 2 heterocycles. The molecular weight excluding hydrogens is 971 g/mol. The van der Waals surface area contributed by atoms with Crippen molar-refractivity contribution >= 4 is 95.1 Å². The Morgan fingerprint density at radius 1 is 0.765 bits per heavy atom. The number of hydrogen-bond donors (Lipinski definition) is 5. The van der Waals surface area contributed by atoms with Crippen LogP contribution in [-0.4, -0.2) is 69.6 Å². The largest absolute Gasteiger partial charge is 0.493 e. The second-order valence-corrected chi connectivity index (χ2v) is 18.0. The summed E-state index contributed by atoms with van der Waals surface area (Å²) in [7, 11) is -8.50. The Balaban J connectivity index is 0.00000145. The van der Waals surface area contributed by atoms with Gasteiger partial charge in [0.2, 0.25) is 5.88 Å². The number of nitrogens with zero attached hydrogens (tertiary/aromatic N) is 9. The Hall–Kier alpha value is -6.78. The van der Waals surface area contributed by atoms with E-state index in [4.69, 9.17) is 19.8 Å². The average Bonchev–Trinajstić information content (AvgIpc) is 3.71. The first-order chi connectivity index (χ1) is 32.6. The number of para-hydroxylation sites is 2. The van der Waals surface area contributed by atoms with Crippen LogP contribution in [0.25, 0.3) is 27.8 Å². The van der Waals surface area contributed by atoms with Crippen LogP contribution in [0.15, 0.2) is 150 Å². The number of aryl methyl sites for hydroxylation is 1. The van der Waals surface area contributed by atoms with Crippen LogP contribution >= 0.6 is 24.1 Å². The van der Waals surface area contributed by atoms with Crippen LogP contribution in [0.1, 0.15) is 17.5 Å². The van der Waals surface area contributed by atoms with Crippen molar-refractivity contribution in [3.63, 3.8) is 0 Å². The third kappa shape index (κ3) is 13.4. The number of ether oxygens (including phenoxy) is 1. The monoisotopic (exact) mass is 1010 g/mol. The first kappa shape index (κ1) is 50.6. The fraction of sp³-hybridized carbons (Fsp3) is 0.122. The van der Waals surface area contributed by atoms with Gasteiger partial charge in [0.05, 0.1) is 53.0 Å². The van der Waals surface area contributed by atoms with Crippen LogP contribution in [0.4, 0.5) is 34.1 Å². The van der Waals surface area contributed by atoms with Crippen molar-refractivity contribution in [3.05, 3.63) is 120 Å². The van der Waals surface area contributed by atoms with Gasteiger partial charge in [0, 0.05) is 34.3 Å². The maximum absolute atomic E-state index is 12.5. The van der Waals surface area contributed by atoms with Crippen molar-refractivity contribution < 1.29 is 65.0 Å². The number of nitriles is 1. The molecule has 0 radical (unpaired) electrons. The molecule has 23 nitrogen and oxygen atoms in total. The van der Waals surface area contributed by atoms with Crippen LogP contribution < -0.4 is 4.74 Å². The molecule has 0 aliphatic carbocycles. The summed E-state index contributed by atoms with van der Waals surface area (Å²) in [6.07, 6.45) is 1.12. The van der Waals surface area contributed by atoms with E-state index in [1.54, 1.807) is 85.8 Å². The second kappa shape index (κ2) is 23.3. The Bertz CT molecular complexity index is 3270. The Morgan fingerprint density at radius 2 is 1.41 bits per heavy atom. The molecule has 0 unspecified atom stereocenters. The smallest absolute Gasteiger partial charge is 0.296 e. The molecule has 5 N–H and O–H groups in total. The SMILES string of the molecule is CS(=O)(=O)O.Cc1cc(N=Nc2c(-c3ccccc3)c(C#N)c3nc4ccccc4n3c2O)c(OCCCSOOO)cc1N=Nc1ccc(N=Nc2ccc(SOOO)cc2)cc1S(=O)(=O)O. The van der Waals surface area contributed by atoms with Gasteiger partial charge in [0.15, 0.2) is 11.3 Å². The van der Waals surface area contributed by atoms with E-state index in [2.05, 4.69) is 60.5 Å². The molecule has 0 aliphatic heterocycles. The molecule has 7 aromatic rings. The Kier molecular flexibility index (Phi) is 17.3. The van der Waals surface area contributed by atoms with Crippen molar-refractivity contribution in [1.82, 2.24) is 9.38 Å². The van der Waals surface area contributed by atoms with Crippen LogP contribution in [0.3, 0.4) is 0 Å². The molecule has 0 amide bonds. The molecule has 352 valence electrons. The van der Waals surface area contributed by atoms with Gasteiger partial charge in [-0.1, -0.05) is 52.5 Å². The van der Waals surface area contributed by atoms with Crippen LogP contribution in [0, 0.1) is 18.3 Å². The summed E-state index contributed by atoms with van der Waals surface area (Å²) in [4.78, 5) is 4.65. The highest BCUT2D eigenvalue weighted by Crippen LogP contribution is 2.45. The van der Waals surface area contributed by atoms with Gasteiger partial charge in [0.1, 0.15) is 33.7 Å². The normalized spacial score (nSPS) is 12.0. The lowest BCUT2D eigenvalue weighted by Gasteiger charge is -2.13. The topological polar surface area (TPSA) is 331 Å². The lowest BCUT2D eigenvalue weighted by Crippen LogP contribution is -2.00. The maximum Gasteiger partial charge on any atom is 0.296 e. The molecule has 0 fully saturated rings. The third-order valence-electron chi connectivity index (χ3n) is 8.88. The van der Waals surface area contributed by atoms with E-state index in [9.17, 15) is 31.8 Å². The number of hydrogen-bond acceptors (Lipinski definition) is 22. The van der Waals surface area contributed by atoms with Crippen molar-refractivity contribution in [2.75, 3.05) is 18.6 Å². The molecule has 27 heteroatoms. The predicted octanol–water partition coefficient (Wildman–Crippen LogP) is 11.3. The van der Waals surface area contributed by atoms with Gasteiger partial charge in [-0.05, 0) is 85.1 Å². The van der Waals surface area contributed by atoms with E-state index < -0.39 is 25.1 Å². The lowest BCUT2D eigenvalue weighted by molar-refractivity contribution is -0.432. The minimum atomic E-state index is -4.83. The summed E-state index contributed by atoms with van der Waals surface area (Å²) in [6.45, 7) is 1.80. The van der Waals surface area contributed by atoms with E-state index >= 15 is 0 Å². The highest BCUT2D eigenvalue weighted by atomic mass is 32.2. The molecular formula is C41H35N9O14S4. The number of imidazole rings is 1. The number of rotatable bonds is 18. The van der Waals surface area contributed by atoms with E-state index in [1.165, 1.54) is 22.6 Å². The van der Waals surface area contributed by atoms with Crippen molar-refractivity contribution in [2.45, 2.75) is 23.1 Å². The summed E-state index contributed by atoms with van der Waals surface area (Å²) in [5, 5.41) is 72.0. The number of pyridine rings is 1. The zero-order valence-electron chi connectivity index (χ0n) is 35.1. The van der Waals surface area contributed by atoms with Gasteiger partial charge >= 0.3 is 0 Å². The molecule has 0 spiro atoms. The van der Waals surface area contributed by atoms with Gasteiger partial charge in [-0.2, -0.15) is 37.4 Å². The van der Waals surface area contributed by atoms with Crippen LogP contribution in [-0.2, 0) is 39.0 Å². The van der Waals surface area contributed by atoms with Gasteiger partial charge in [0.25, 0.3) is 20.2 Å². The zero-order chi connectivity index (χ0) is 48.8. The van der Waals surface area contributed by atoms with Crippen molar-refractivity contribution in [1.29, 1.82) is 5.26 Å². The molecule has 0 atom stereocenters. The Labute approximate surface area is 394 Å². The van der Waals surface area contributed by atoms with E-state index in [-0.39, 0.29) is 57.9 Å². The number of aromatic nitrogens is 2. The fourth-order valence-electron chi connectivity index (χ4n) is 6.07. The fourth-order valence-corrected chi connectivity index (χ4v) is 7.41. The molecule has 68 heavy (non-hydrogen) atoms. The summed E-state index contributed by atoms with van der Waals surface area (Å²) in [5.41, 5.74) is 3.52. The number of benzene rings is 5. The molecule has 0 saturated carbocycles.